The van der Waals surface area contributed by atoms with Crippen molar-refractivity contribution in [1.29, 1.82) is 0 Å². The zero-order valence-corrected chi connectivity index (χ0v) is 6.26. The zero-order valence-electron chi connectivity index (χ0n) is 6.26. The van der Waals surface area contributed by atoms with Gasteiger partial charge in [0.2, 0.25) is 5.91 Å². The Balaban J connectivity index is 2.11. The number of primary amides is 1. The first-order valence-corrected chi connectivity index (χ1v) is 3.92. The maximum absolute atomic E-state index is 10.9. The summed E-state index contributed by atoms with van der Waals surface area (Å²) in [5.74, 6) is 1.59. The van der Waals surface area contributed by atoms with Crippen molar-refractivity contribution < 1.29 is 4.79 Å². The maximum atomic E-state index is 10.9. The Morgan fingerprint density at radius 1 is 1.50 bits per heavy atom. The summed E-state index contributed by atoms with van der Waals surface area (Å²) in [5.41, 5.74) is 5.13. The molecule has 0 spiro atoms. The molecule has 0 aromatic rings. The number of nitrogens with two attached hydrogens (primary N) is 1. The summed E-state index contributed by atoms with van der Waals surface area (Å²) in [6.07, 6.45) is 3.45. The number of rotatable bonds is 1. The van der Waals surface area contributed by atoms with Crippen LogP contribution in [0, 0.1) is 17.3 Å². The van der Waals surface area contributed by atoms with Crippen LogP contribution in [0.25, 0.3) is 0 Å². The Morgan fingerprint density at radius 2 is 2.00 bits per heavy atom. The van der Waals surface area contributed by atoms with Gasteiger partial charge in [0.25, 0.3) is 0 Å². The SMILES string of the molecule is CC1(C(N)=O)CC2CC2C1. The standard InChI is InChI=1S/C8H13NO/c1-8(7(9)10)3-5-2-6(5)4-8/h5-6H,2-4H2,1H3,(H2,9,10). The number of carbonyl (C=O) groups is 1. The predicted molar refractivity (Wildman–Crippen MR) is 38.1 cm³/mol. The third-order valence-electron chi connectivity index (χ3n) is 3.09. The van der Waals surface area contributed by atoms with Crippen molar-refractivity contribution in [2.24, 2.45) is 23.0 Å². The molecule has 0 heterocycles. The van der Waals surface area contributed by atoms with E-state index >= 15 is 0 Å². The second-order valence-electron chi connectivity index (χ2n) is 4.09. The van der Waals surface area contributed by atoms with Crippen molar-refractivity contribution >= 4 is 5.91 Å². The summed E-state index contributed by atoms with van der Waals surface area (Å²) in [5, 5.41) is 0. The van der Waals surface area contributed by atoms with Crippen molar-refractivity contribution in [1.82, 2.24) is 0 Å². The minimum absolute atomic E-state index is 0.0975. The van der Waals surface area contributed by atoms with Crippen molar-refractivity contribution in [3.8, 4) is 0 Å². The molecular weight excluding hydrogens is 126 g/mol. The summed E-state index contributed by atoms with van der Waals surface area (Å²) in [6, 6.07) is 0. The van der Waals surface area contributed by atoms with Crippen molar-refractivity contribution in [3.63, 3.8) is 0 Å². The van der Waals surface area contributed by atoms with Gasteiger partial charge >= 0.3 is 0 Å². The molecule has 2 N–H and O–H groups in total. The second kappa shape index (κ2) is 1.55. The minimum atomic E-state index is -0.145. The maximum Gasteiger partial charge on any atom is 0.223 e. The molecule has 1 amide bonds. The van der Waals surface area contributed by atoms with Crippen LogP contribution < -0.4 is 5.73 Å². The van der Waals surface area contributed by atoms with Crippen LogP contribution in [-0.2, 0) is 4.79 Å². The molecule has 0 radical (unpaired) electrons. The highest BCUT2D eigenvalue weighted by Gasteiger charge is 2.53. The second-order valence-corrected chi connectivity index (χ2v) is 4.09. The van der Waals surface area contributed by atoms with Gasteiger partial charge in [0.15, 0.2) is 0 Å². The molecule has 2 unspecified atom stereocenters. The van der Waals surface area contributed by atoms with Gasteiger partial charge in [-0.1, -0.05) is 6.92 Å². The van der Waals surface area contributed by atoms with Gasteiger partial charge in [-0.05, 0) is 31.1 Å². The molecule has 2 rings (SSSR count). The molecule has 0 aromatic carbocycles. The van der Waals surface area contributed by atoms with Gasteiger partial charge in [-0.15, -0.1) is 0 Å². The van der Waals surface area contributed by atoms with Crippen LogP contribution in [-0.4, -0.2) is 5.91 Å². The number of fused-ring (bicyclic) bond motifs is 1. The Hall–Kier alpha value is -0.530. The summed E-state index contributed by atoms with van der Waals surface area (Å²) >= 11 is 0. The van der Waals surface area contributed by atoms with Gasteiger partial charge in [-0.2, -0.15) is 0 Å². The molecule has 2 nitrogen and oxygen atoms in total. The lowest BCUT2D eigenvalue weighted by molar-refractivity contribution is -0.127. The molecule has 0 bridgehead atoms. The number of hydrogen-bond acceptors (Lipinski definition) is 1. The van der Waals surface area contributed by atoms with Crippen molar-refractivity contribution in [2.45, 2.75) is 26.2 Å². The lowest BCUT2D eigenvalue weighted by atomic mass is 9.85. The highest BCUT2D eigenvalue weighted by molar-refractivity contribution is 5.81. The molecule has 2 aliphatic carbocycles. The van der Waals surface area contributed by atoms with Gasteiger partial charge in [0.05, 0.1) is 0 Å². The number of hydrogen-bond donors (Lipinski definition) is 1. The fourth-order valence-electron chi connectivity index (χ4n) is 2.25. The summed E-state index contributed by atoms with van der Waals surface area (Å²) < 4.78 is 0. The van der Waals surface area contributed by atoms with Crippen molar-refractivity contribution in [2.75, 3.05) is 0 Å². The third-order valence-corrected chi connectivity index (χ3v) is 3.09. The van der Waals surface area contributed by atoms with Gasteiger partial charge < -0.3 is 5.73 Å². The van der Waals surface area contributed by atoms with Gasteiger partial charge in [0.1, 0.15) is 0 Å². The van der Waals surface area contributed by atoms with Crippen LogP contribution in [0.3, 0.4) is 0 Å². The molecule has 2 heteroatoms. The van der Waals surface area contributed by atoms with E-state index in [2.05, 4.69) is 0 Å². The average molecular weight is 139 g/mol. The first-order valence-electron chi connectivity index (χ1n) is 3.92. The Labute approximate surface area is 60.8 Å². The van der Waals surface area contributed by atoms with E-state index in [9.17, 15) is 4.79 Å². The van der Waals surface area contributed by atoms with E-state index in [4.69, 9.17) is 5.73 Å². The molecule has 2 fully saturated rings. The van der Waals surface area contributed by atoms with Crippen LogP contribution in [0.1, 0.15) is 26.2 Å². The Kier molecular flexibility index (Phi) is 0.960. The minimum Gasteiger partial charge on any atom is -0.369 e. The molecule has 10 heavy (non-hydrogen) atoms. The lowest BCUT2D eigenvalue weighted by Gasteiger charge is -2.20. The monoisotopic (exact) mass is 139 g/mol. The topological polar surface area (TPSA) is 43.1 Å². The summed E-state index contributed by atoms with van der Waals surface area (Å²) in [4.78, 5) is 10.9. The number of carbonyl (C=O) groups excluding carboxylic acids is 1. The van der Waals surface area contributed by atoms with Crippen molar-refractivity contribution in [3.05, 3.63) is 0 Å². The fourth-order valence-corrected chi connectivity index (χ4v) is 2.25. The average Bonchev–Trinajstić information content (AvgIpc) is 2.41. The van der Waals surface area contributed by atoms with Gasteiger partial charge in [-0.3, -0.25) is 4.79 Å². The predicted octanol–water partition coefficient (Wildman–Crippen LogP) is 0.908. The first kappa shape index (κ1) is 6.20. The van der Waals surface area contributed by atoms with Gasteiger partial charge in [0, 0.05) is 5.41 Å². The Morgan fingerprint density at radius 3 is 2.30 bits per heavy atom. The van der Waals surface area contributed by atoms with E-state index in [-0.39, 0.29) is 11.3 Å². The number of amides is 1. The first-order chi connectivity index (χ1) is 4.62. The van der Waals surface area contributed by atoms with Crippen LogP contribution in [0.2, 0.25) is 0 Å². The van der Waals surface area contributed by atoms with Crippen LogP contribution in [0.15, 0.2) is 0 Å². The molecular formula is C8H13NO. The summed E-state index contributed by atoms with van der Waals surface area (Å²) in [7, 11) is 0. The van der Waals surface area contributed by atoms with Crippen LogP contribution in [0.5, 0.6) is 0 Å². The highest BCUT2D eigenvalue weighted by atomic mass is 16.1. The fraction of sp³-hybridized carbons (Fsp3) is 0.875. The molecule has 2 aliphatic rings. The smallest absolute Gasteiger partial charge is 0.223 e. The molecule has 0 aliphatic heterocycles. The van der Waals surface area contributed by atoms with E-state index in [0.29, 0.717) is 0 Å². The highest BCUT2D eigenvalue weighted by Crippen LogP contribution is 2.59. The Bertz CT molecular complexity index is 178. The zero-order chi connectivity index (χ0) is 7.35. The molecule has 2 saturated carbocycles. The largest absolute Gasteiger partial charge is 0.369 e. The molecule has 56 valence electrons. The lowest BCUT2D eigenvalue weighted by Crippen LogP contribution is -2.32. The quantitative estimate of drug-likeness (QED) is 0.576. The van der Waals surface area contributed by atoms with E-state index in [1.807, 2.05) is 6.92 Å². The van der Waals surface area contributed by atoms with E-state index in [0.717, 1.165) is 24.7 Å². The van der Waals surface area contributed by atoms with E-state index in [1.165, 1.54) is 6.42 Å². The van der Waals surface area contributed by atoms with Gasteiger partial charge in [-0.25, -0.2) is 0 Å². The molecule has 0 aromatic heterocycles. The molecule has 2 atom stereocenters. The van der Waals surface area contributed by atoms with Crippen LogP contribution >= 0.6 is 0 Å². The van der Waals surface area contributed by atoms with E-state index < -0.39 is 0 Å². The van der Waals surface area contributed by atoms with E-state index in [1.54, 1.807) is 0 Å². The normalized spacial score (nSPS) is 50.5. The molecule has 0 saturated heterocycles. The third kappa shape index (κ3) is 0.678. The van der Waals surface area contributed by atoms with Crippen LogP contribution in [0.4, 0.5) is 0 Å². The summed E-state index contributed by atoms with van der Waals surface area (Å²) in [6.45, 7) is 2.00.